The minimum Gasteiger partial charge on any atom is -0.481 e. The molecule has 0 aliphatic heterocycles. The number of carboxylic acid groups (broad SMARTS) is 1. The van der Waals surface area contributed by atoms with Gasteiger partial charge in [-0.15, -0.1) is 0 Å². The van der Waals surface area contributed by atoms with E-state index in [9.17, 15) is 9.59 Å². The first-order valence-corrected chi connectivity index (χ1v) is 7.91. The number of carbonyl (C=O) groups is 2. The third kappa shape index (κ3) is 9.28. The molecule has 0 bridgehead atoms. The second-order valence-electron chi connectivity index (χ2n) is 5.35. The summed E-state index contributed by atoms with van der Waals surface area (Å²) < 4.78 is 0. The molecule has 0 fully saturated rings. The molecule has 0 aromatic carbocycles. The zero-order valence-electron chi connectivity index (χ0n) is 13.9. The Morgan fingerprint density at radius 1 is 1.10 bits per heavy atom. The lowest BCUT2D eigenvalue weighted by atomic mass is 10.1. The minimum atomic E-state index is -0.830. The van der Waals surface area contributed by atoms with E-state index < -0.39 is 5.97 Å². The van der Waals surface area contributed by atoms with Crippen molar-refractivity contribution in [3.63, 3.8) is 0 Å². The van der Waals surface area contributed by atoms with E-state index in [-0.39, 0.29) is 18.4 Å². The molecule has 0 aromatic heterocycles. The molecule has 0 saturated carbocycles. The first-order chi connectivity index (χ1) is 9.94. The third-order valence-corrected chi connectivity index (χ3v) is 3.59. The zero-order chi connectivity index (χ0) is 16.3. The fraction of sp³-hybridized carbons (Fsp3) is 0.867. The Morgan fingerprint density at radius 2 is 1.71 bits per heavy atom. The van der Waals surface area contributed by atoms with E-state index in [0.29, 0.717) is 13.1 Å². The van der Waals surface area contributed by atoms with Gasteiger partial charge in [-0.2, -0.15) is 0 Å². The number of rotatable bonds is 11. The lowest BCUT2D eigenvalue weighted by Crippen LogP contribution is -2.42. The van der Waals surface area contributed by atoms with Gasteiger partial charge in [0.1, 0.15) is 0 Å². The van der Waals surface area contributed by atoms with Crippen LogP contribution in [0.2, 0.25) is 0 Å². The van der Waals surface area contributed by atoms with Crippen molar-refractivity contribution in [2.24, 2.45) is 5.92 Å². The van der Waals surface area contributed by atoms with Gasteiger partial charge in [-0.25, -0.2) is 4.79 Å². The average molecular weight is 301 g/mol. The monoisotopic (exact) mass is 301 g/mol. The van der Waals surface area contributed by atoms with Crippen LogP contribution in [0, 0.1) is 5.92 Å². The predicted octanol–water partition coefficient (Wildman–Crippen LogP) is 1.86. The molecule has 0 spiro atoms. The van der Waals surface area contributed by atoms with Gasteiger partial charge in [0.2, 0.25) is 0 Å². The Labute approximate surface area is 128 Å². The van der Waals surface area contributed by atoms with Crippen LogP contribution in [0.15, 0.2) is 0 Å². The van der Waals surface area contributed by atoms with Crippen LogP contribution >= 0.6 is 0 Å². The van der Waals surface area contributed by atoms with Crippen LogP contribution in [0.1, 0.15) is 40.5 Å². The van der Waals surface area contributed by atoms with E-state index >= 15 is 0 Å². The number of carbonyl (C=O) groups excluding carboxylic acids is 1. The van der Waals surface area contributed by atoms with Crippen LogP contribution in [0.3, 0.4) is 0 Å². The second kappa shape index (κ2) is 11.4. The van der Waals surface area contributed by atoms with E-state index in [2.05, 4.69) is 24.1 Å². The highest BCUT2D eigenvalue weighted by molar-refractivity contribution is 5.74. The zero-order valence-corrected chi connectivity index (χ0v) is 13.9. The summed E-state index contributed by atoms with van der Waals surface area (Å²) in [5, 5.41) is 11.5. The highest BCUT2D eigenvalue weighted by Gasteiger charge is 2.14. The summed E-state index contributed by atoms with van der Waals surface area (Å²) >= 11 is 0. The maximum Gasteiger partial charge on any atom is 0.317 e. The molecule has 0 radical (unpaired) electrons. The summed E-state index contributed by atoms with van der Waals surface area (Å²) in [6.07, 6.45) is 1.03. The summed E-state index contributed by atoms with van der Waals surface area (Å²) in [6, 6.07) is -0.103. The Kier molecular flexibility index (Phi) is 10.7. The van der Waals surface area contributed by atoms with Crippen molar-refractivity contribution in [2.75, 3.05) is 39.3 Å². The molecule has 2 amide bonds. The van der Waals surface area contributed by atoms with Crippen molar-refractivity contribution in [3.8, 4) is 0 Å². The standard InChI is InChI=1S/C15H31N3O3/c1-5-17(6-2)9-8-10-18(7-3)15(21)16-12-13(4)11-14(19)20/h13H,5-12H2,1-4H3,(H,16,21)(H,19,20). The van der Waals surface area contributed by atoms with E-state index in [1.165, 1.54) is 0 Å². The van der Waals surface area contributed by atoms with Gasteiger partial charge >= 0.3 is 12.0 Å². The first-order valence-electron chi connectivity index (χ1n) is 7.91. The molecule has 0 aliphatic carbocycles. The number of carboxylic acids is 1. The number of urea groups is 1. The lowest BCUT2D eigenvalue weighted by Gasteiger charge is -2.24. The van der Waals surface area contributed by atoms with Gasteiger partial charge in [-0.1, -0.05) is 20.8 Å². The number of nitrogens with one attached hydrogen (secondary N) is 1. The van der Waals surface area contributed by atoms with E-state index in [1.54, 1.807) is 4.90 Å². The molecular formula is C15H31N3O3. The van der Waals surface area contributed by atoms with E-state index in [1.807, 2.05) is 13.8 Å². The van der Waals surface area contributed by atoms with Gasteiger partial charge in [0, 0.05) is 26.1 Å². The van der Waals surface area contributed by atoms with Crippen LogP contribution in [-0.2, 0) is 4.79 Å². The highest BCUT2D eigenvalue weighted by Crippen LogP contribution is 2.01. The molecule has 0 rings (SSSR count). The van der Waals surface area contributed by atoms with Gasteiger partial charge in [-0.05, 0) is 38.9 Å². The maximum atomic E-state index is 12.0. The van der Waals surface area contributed by atoms with Crippen molar-refractivity contribution in [1.29, 1.82) is 0 Å². The summed E-state index contributed by atoms with van der Waals surface area (Å²) in [5.74, 6) is -0.885. The Hall–Kier alpha value is -1.30. The lowest BCUT2D eigenvalue weighted by molar-refractivity contribution is -0.137. The van der Waals surface area contributed by atoms with E-state index in [0.717, 1.165) is 32.6 Å². The topological polar surface area (TPSA) is 72.9 Å². The predicted molar refractivity (Wildman–Crippen MR) is 84.5 cm³/mol. The van der Waals surface area contributed by atoms with Crippen LogP contribution in [0.4, 0.5) is 4.79 Å². The van der Waals surface area contributed by atoms with Gasteiger partial charge < -0.3 is 20.2 Å². The number of hydrogen-bond acceptors (Lipinski definition) is 3. The van der Waals surface area contributed by atoms with Crippen molar-refractivity contribution < 1.29 is 14.7 Å². The van der Waals surface area contributed by atoms with Crippen LogP contribution < -0.4 is 5.32 Å². The van der Waals surface area contributed by atoms with Crippen molar-refractivity contribution in [2.45, 2.75) is 40.5 Å². The Morgan fingerprint density at radius 3 is 2.19 bits per heavy atom. The number of nitrogens with zero attached hydrogens (tertiary/aromatic N) is 2. The normalized spacial score (nSPS) is 12.2. The molecule has 0 heterocycles. The Bertz CT molecular complexity index is 307. The number of hydrogen-bond donors (Lipinski definition) is 2. The number of amides is 2. The number of aliphatic carboxylic acids is 1. The quantitative estimate of drug-likeness (QED) is 0.611. The SMILES string of the molecule is CCN(CC)CCCN(CC)C(=O)NCC(C)CC(=O)O. The summed E-state index contributed by atoms with van der Waals surface area (Å²) in [6.45, 7) is 12.9. The van der Waals surface area contributed by atoms with Crippen molar-refractivity contribution >= 4 is 12.0 Å². The molecule has 0 saturated heterocycles. The molecule has 6 nitrogen and oxygen atoms in total. The maximum absolute atomic E-state index is 12.0. The summed E-state index contributed by atoms with van der Waals surface area (Å²) in [4.78, 5) is 26.7. The summed E-state index contributed by atoms with van der Waals surface area (Å²) in [5.41, 5.74) is 0. The molecule has 0 aliphatic rings. The molecule has 1 atom stereocenters. The average Bonchev–Trinajstić information content (AvgIpc) is 2.44. The van der Waals surface area contributed by atoms with Crippen LogP contribution in [-0.4, -0.2) is 66.2 Å². The molecule has 124 valence electrons. The molecule has 21 heavy (non-hydrogen) atoms. The van der Waals surface area contributed by atoms with Crippen molar-refractivity contribution in [1.82, 2.24) is 15.1 Å². The smallest absolute Gasteiger partial charge is 0.317 e. The molecule has 2 N–H and O–H groups in total. The minimum absolute atomic E-state index is 0.0548. The molecule has 0 aromatic rings. The Balaban J connectivity index is 4.04. The fourth-order valence-electron chi connectivity index (χ4n) is 2.17. The molecular weight excluding hydrogens is 270 g/mol. The molecule has 6 heteroatoms. The summed E-state index contributed by atoms with van der Waals surface area (Å²) in [7, 11) is 0. The highest BCUT2D eigenvalue weighted by atomic mass is 16.4. The fourth-order valence-corrected chi connectivity index (χ4v) is 2.17. The van der Waals surface area contributed by atoms with Crippen molar-refractivity contribution in [3.05, 3.63) is 0 Å². The second-order valence-corrected chi connectivity index (χ2v) is 5.35. The van der Waals surface area contributed by atoms with Crippen LogP contribution in [0.25, 0.3) is 0 Å². The van der Waals surface area contributed by atoms with Gasteiger partial charge in [-0.3, -0.25) is 4.79 Å². The van der Waals surface area contributed by atoms with Gasteiger partial charge in [0.25, 0.3) is 0 Å². The van der Waals surface area contributed by atoms with Gasteiger partial charge in [0.05, 0.1) is 0 Å². The van der Waals surface area contributed by atoms with Gasteiger partial charge in [0.15, 0.2) is 0 Å². The van der Waals surface area contributed by atoms with E-state index in [4.69, 9.17) is 5.11 Å². The first kappa shape index (κ1) is 19.7. The van der Waals surface area contributed by atoms with Crippen LogP contribution in [0.5, 0.6) is 0 Å². The molecule has 1 unspecified atom stereocenters. The third-order valence-electron chi connectivity index (χ3n) is 3.59. The largest absolute Gasteiger partial charge is 0.481 e.